The lowest BCUT2D eigenvalue weighted by molar-refractivity contribution is 0.104. The van der Waals surface area contributed by atoms with Gasteiger partial charge in [-0.05, 0) is 29.8 Å². The molecular formula is C21H29N5O4. The van der Waals surface area contributed by atoms with Gasteiger partial charge in [0.15, 0.2) is 0 Å². The Hall–Kier alpha value is -2.33. The lowest BCUT2D eigenvalue weighted by atomic mass is 10.2. The van der Waals surface area contributed by atoms with Gasteiger partial charge in [-0.2, -0.15) is 0 Å². The molecule has 30 heavy (non-hydrogen) atoms. The van der Waals surface area contributed by atoms with Gasteiger partial charge in [-0.3, -0.25) is 0 Å². The van der Waals surface area contributed by atoms with Crippen molar-refractivity contribution in [3.05, 3.63) is 47.3 Å². The van der Waals surface area contributed by atoms with Crippen molar-refractivity contribution < 1.29 is 20.3 Å². The molecule has 9 nitrogen and oxygen atoms in total. The average molecular weight is 417 g/mol. The Kier molecular flexibility index (Phi) is 6.31. The molecule has 0 bridgehead atoms. The van der Waals surface area contributed by atoms with Gasteiger partial charge in [-0.25, -0.2) is 0 Å². The first kappa shape index (κ1) is 19.6. The smallest absolute Gasteiger partial charge is 0.231 e. The van der Waals surface area contributed by atoms with Gasteiger partial charge < -0.3 is 28.1 Å². The predicted octanol–water partition coefficient (Wildman–Crippen LogP) is 2.36. The molecule has 0 spiro atoms. The van der Waals surface area contributed by atoms with E-state index in [1.165, 1.54) is 0 Å². The van der Waals surface area contributed by atoms with Gasteiger partial charge in [0.2, 0.25) is 5.62 Å². The maximum Gasteiger partial charge on any atom is 0.231 e. The van der Waals surface area contributed by atoms with Crippen molar-refractivity contribution >= 4 is 5.69 Å². The number of nitrogens with zero attached hydrogens (tertiary/aromatic N) is 5. The number of rotatable bonds is 8. The molecule has 0 aliphatic carbocycles. The molecule has 0 saturated carbocycles. The number of imidazole rings is 1. The van der Waals surface area contributed by atoms with Crippen LogP contribution < -0.4 is 5.62 Å². The maximum absolute atomic E-state index is 7.90. The summed E-state index contributed by atoms with van der Waals surface area (Å²) in [7, 11) is 3.63. The minimum Gasteiger partial charge on any atom is -0.374 e. The number of hydrogen-bond acceptors (Lipinski definition) is 6. The molecule has 3 aliphatic heterocycles. The van der Waals surface area contributed by atoms with Crippen LogP contribution in [0.3, 0.4) is 0 Å². The van der Waals surface area contributed by atoms with E-state index in [0.717, 1.165) is 37.5 Å². The highest BCUT2D eigenvalue weighted by molar-refractivity contribution is 5.37. The van der Waals surface area contributed by atoms with Crippen LogP contribution in [-0.2, 0) is 39.6 Å². The highest BCUT2D eigenvalue weighted by atomic mass is 16.6. The molecule has 9 heteroatoms. The van der Waals surface area contributed by atoms with Crippen molar-refractivity contribution in [3.63, 3.8) is 0 Å². The van der Waals surface area contributed by atoms with Crippen LogP contribution in [0.1, 0.15) is 19.0 Å². The van der Waals surface area contributed by atoms with Crippen LogP contribution >= 0.6 is 0 Å². The normalized spacial score (nSPS) is 25.1. The number of epoxide rings is 3. The fourth-order valence-electron chi connectivity index (χ4n) is 2.82. The molecule has 3 saturated heterocycles. The van der Waals surface area contributed by atoms with Crippen molar-refractivity contribution in [3.8, 4) is 0 Å². The first-order chi connectivity index (χ1) is 15.0. The number of ether oxygens (including phenoxy) is 4. The largest absolute Gasteiger partial charge is 0.374 e. The molecule has 4 heterocycles. The third-order valence-electron chi connectivity index (χ3n) is 4.97. The molecule has 3 atom stereocenters. The molecule has 0 amide bonds. The predicted molar refractivity (Wildman–Crippen MR) is 109 cm³/mol. The first-order valence-electron chi connectivity index (χ1n) is 10.7. The number of benzene rings is 1. The van der Waals surface area contributed by atoms with E-state index in [9.17, 15) is 0 Å². The van der Waals surface area contributed by atoms with Gasteiger partial charge >= 0.3 is 0 Å². The highest BCUT2D eigenvalue weighted by Crippen LogP contribution is 2.23. The van der Waals surface area contributed by atoms with E-state index >= 15 is 0 Å². The van der Waals surface area contributed by atoms with Crippen molar-refractivity contribution in [2.75, 3.05) is 26.4 Å². The molecule has 3 aliphatic rings. The quantitative estimate of drug-likeness (QED) is 0.375. The lowest BCUT2D eigenvalue weighted by Gasteiger charge is -2.02. The van der Waals surface area contributed by atoms with E-state index in [0.29, 0.717) is 42.9 Å². The van der Waals surface area contributed by atoms with E-state index in [4.69, 9.17) is 20.3 Å². The van der Waals surface area contributed by atoms with Gasteiger partial charge in [0.25, 0.3) is 0 Å². The molecule has 0 radical (unpaired) electrons. The summed E-state index contributed by atoms with van der Waals surface area (Å²) in [6.45, 7) is 5.83. The Morgan fingerprint density at radius 2 is 1.70 bits per heavy atom. The second-order valence-electron chi connectivity index (χ2n) is 7.69. The highest BCUT2D eigenvalue weighted by Gasteiger charge is 2.32. The average Bonchev–Trinajstić information content (AvgIpc) is 3.60. The van der Waals surface area contributed by atoms with Crippen LogP contribution in [0.4, 0.5) is 5.69 Å². The fourth-order valence-corrected chi connectivity index (χ4v) is 2.82. The zero-order valence-corrected chi connectivity index (χ0v) is 17.7. The third-order valence-corrected chi connectivity index (χ3v) is 4.97. The van der Waals surface area contributed by atoms with E-state index in [1.54, 1.807) is 11.6 Å². The van der Waals surface area contributed by atoms with Gasteiger partial charge in [0.1, 0.15) is 6.10 Å². The third kappa shape index (κ3) is 6.60. The summed E-state index contributed by atoms with van der Waals surface area (Å²) in [5.74, 6) is 0. The van der Waals surface area contributed by atoms with Crippen LogP contribution in [0.25, 0.3) is 0 Å². The second-order valence-corrected chi connectivity index (χ2v) is 7.69. The standard InChI is InChI=1S/C16H21N5O2.C5H8O2/c1-12-8-20(2)16(21(12)3)18-19-17-14-6-4-13(5-7-14)9-22-10-15-11-23-15;1(4-2-6-4)5-3-7-5/h4-8,15H,9-11H2,1-3H3;4-5H,1-3H2/b18-16-,19-17?;/i8D;. The van der Waals surface area contributed by atoms with E-state index in [2.05, 4.69) is 15.4 Å². The van der Waals surface area contributed by atoms with Gasteiger partial charge in [0, 0.05) is 32.4 Å². The minimum absolute atomic E-state index is 0.284. The zero-order chi connectivity index (χ0) is 21.8. The van der Waals surface area contributed by atoms with Gasteiger partial charge in [0.05, 0.1) is 52.3 Å². The Morgan fingerprint density at radius 3 is 2.23 bits per heavy atom. The Bertz CT molecular complexity index is 934. The van der Waals surface area contributed by atoms with Gasteiger partial charge in [-0.15, -0.1) is 5.11 Å². The summed E-state index contributed by atoms with van der Waals surface area (Å²) in [4.78, 5) is 0. The van der Waals surface area contributed by atoms with E-state index in [1.807, 2.05) is 42.8 Å². The molecular weight excluding hydrogens is 386 g/mol. The number of aromatic nitrogens is 2. The fraction of sp³-hybridized carbons (Fsp3) is 0.571. The molecule has 2 aromatic rings. The number of hydrogen-bond donors (Lipinski definition) is 0. The minimum atomic E-state index is 0.284. The molecule has 162 valence electrons. The van der Waals surface area contributed by atoms with Crippen LogP contribution in [-0.4, -0.2) is 53.9 Å². The SMILES string of the molecule is C1OC1CC1CO1.[2H]c1c(C)n(C)/c(=N\N=Nc2ccc(COCC3CO3)cc2)n1C. The summed E-state index contributed by atoms with van der Waals surface area (Å²) >= 11 is 0. The maximum atomic E-state index is 7.90. The zero-order valence-electron chi connectivity index (χ0n) is 18.7. The monoisotopic (exact) mass is 416 g/mol. The lowest BCUT2D eigenvalue weighted by Crippen LogP contribution is -2.21. The Morgan fingerprint density at radius 1 is 1.07 bits per heavy atom. The topological polar surface area (TPSA) is 93.8 Å². The van der Waals surface area contributed by atoms with Crippen molar-refractivity contribution in [1.29, 1.82) is 0 Å². The molecule has 0 N–H and O–H groups in total. The van der Waals surface area contributed by atoms with Crippen LogP contribution in [0.5, 0.6) is 0 Å². The van der Waals surface area contributed by atoms with Crippen molar-refractivity contribution in [2.45, 2.75) is 38.3 Å². The molecule has 3 unspecified atom stereocenters. The van der Waals surface area contributed by atoms with Crippen LogP contribution in [0.2, 0.25) is 0 Å². The summed E-state index contributed by atoms with van der Waals surface area (Å²) in [6, 6.07) is 7.66. The second kappa shape index (κ2) is 9.65. The molecule has 5 rings (SSSR count). The van der Waals surface area contributed by atoms with Crippen molar-refractivity contribution in [1.82, 2.24) is 9.13 Å². The molecule has 3 fully saturated rings. The Labute approximate surface area is 177 Å². The summed E-state index contributed by atoms with van der Waals surface area (Å²) in [6.07, 6.45) is 2.96. The van der Waals surface area contributed by atoms with E-state index < -0.39 is 0 Å². The van der Waals surface area contributed by atoms with Crippen LogP contribution in [0, 0.1) is 6.92 Å². The molecule has 1 aromatic heterocycles. The first-order valence-corrected chi connectivity index (χ1v) is 10.2. The Balaban J connectivity index is 0.000000275. The van der Waals surface area contributed by atoms with Gasteiger partial charge in [-0.1, -0.05) is 17.2 Å². The summed E-state index contributed by atoms with van der Waals surface area (Å²) in [5, 5.41) is 12.1. The van der Waals surface area contributed by atoms with Crippen molar-refractivity contribution in [2.24, 2.45) is 29.5 Å². The summed E-state index contributed by atoms with van der Waals surface area (Å²) < 4.78 is 32.0. The van der Waals surface area contributed by atoms with E-state index in [-0.39, 0.29) is 6.10 Å². The van der Waals surface area contributed by atoms with Crippen LogP contribution in [0.15, 0.2) is 45.9 Å². The summed E-state index contributed by atoms with van der Waals surface area (Å²) in [5.41, 5.74) is 3.20. The molecule has 1 aromatic carbocycles.